The molecule has 0 bridgehead atoms. The average molecular weight is 335 g/mol. The quantitative estimate of drug-likeness (QED) is 0.824. The number of rotatable bonds is 3. The maximum atomic E-state index is 14.6. The van der Waals surface area contributed by atoms with E-state index in [2.05, 4.69) is 4.99 Å². The maximum absolute atomic E-state index is 14.6. The van der Waals surface area contributed by atoms with Crippen LogP contribution in [0.4, 0.5) is 14.5 Å². The van der Waals surface area contributed by atoms with Gasteiger partial charge < -0.3 is 9.64 Å². The van der Waals surface area contributed by atoms with E-state index in [1.165, 1.54) is 25.6 Å². The molecule has 118 valence electrons. The number of anilines is 1. The van der Waals surface area contributed by atoms with Gasteiger partial charge in [0.2, 0.25) is 0 Å². The van der Waals surface area contributed by atoms with Crippen LogP contribution in [-0.4, -0.2) is 20.0 Å². The molecule has 0 atom stereocenters. The zero-order chi connectivity index (χ0) is 16.4. The molecule has 1 heterocycles. The highest BCUT2D eigenvalue weighted by Crippen LogP contribution is 2.34. The van der Waals surface area contributed by atoms with Crippen LogP contribution in [0.2, 0.25) is 5.02 Å². The van der Waals surface area contributed by atoms with Gasteiger partial charge in [-0.1, -0.05) is 11.6 Å². The van der Waals surface area contributed by atoms with E-state index in [-0.39, 0.29) is 11.3 Å². The first-order valence-electron chi connectivity index (χ1n) is 6.89. The van der Waals surface area contributed by atoms with Crippen molar-refractivity contribution in [2.45, 2.75) is 0 Å². The number of hydrogen-bond donors (Lipinski definition) is 0. The Labute approximate surface area is 137 Å². The molecule has 0 amide bonds. The zero-order valence-corrected chi connectivity index (χ0v) is 13.0. The molecule has 3 nitrogen and oxygen atoms in total. The summed E-state index contributed by atoms with van der Waals surface area (Å²) >= 11 is 5.89. The number of ether oxygens (including phenoxy) is 1. The van der Waals surface area contributed by atoms with Gasteiger partial charge in [-0.25, -0.2) is 8.78 Å². The van der Waals surface area contributed by atoms with Gasteiger partial charge in [-0.15, -0.1) is 0 Å². The first-order valence-corrected chi connectivity index (χ1v) is 7.27. The zero-order valence-electron chi connectivity index (χ0n) is 12.3. The molecule has 0 saturated heterocycles. The normalized spacial score (nSPS) is 13.9. The predicted molar refractivity (Wildman–Crippen MR) is 88.2 cm³/mol. The van der Waals surface area contributed by atoms with Gasteiger partial charge in [0.1, 0.15) is 5.82 Å². The van der Waals surface area contributed by atoms with Crippen molar-refractivity contribution < 1.29 is 13.5 Å². The van der Waals surface area contributed by atoms with Crippen molar-refractivity contribution in [2.24, 2.45) is 4.99 Å². The van der Waals surface area contributed by atoms with Gasteiger partial charge in [0, 0.05) is 10.7 Å². The molecular weight excluding hydrogens is 322 g/mol. The number of hydrogen-bond acceptors (Lipinski definition) is 3. The molecule has 0 spiro atoms. The van der Waals surface area contributed by atoms with E-state index in [4.69, 9.17) is 16.3 Å². The van der Waals surface area contributed by atoms with Crippen molar-refractivity contribution in [1.82, 2.24) is 0 Å². The largest absolute Gasteiger partial charge is 0.494 e. The Kier molecular flexibility index (Phi) is 4.30. The standard InChI is InChI=1S/C17H13ClF2N2O/c1-23-15-7-6-13(19)16(17(15)20)14-8-9-21-10-22(14)12-4-2-11(18)3-5-12/h2-8,10H,9H2,1H3. The summed E-state index contributed by atoms with van der Waals surface area (Å²) in [6.45, 7) is 0.343. The fourth-order valence-corrected chi connectivity index (χ4v) is 2.51. The second kappa shape index (κ2) is 6.38. The summed E-state index contributed by atoms with van der Waals surface area (Å²) in [4.78, 5) is 5.76. The lowest BCUT2D eigenvalue weighted by Crippen LogP contribution is -2.24. The minimum atomic E-state index is -0.743. The molecule has 1 aliphatic rings. The molecule has 3 rings (SSSR count). The minimum Gasteiger partial charge on any atom is -0.494 e. The molecule has 0 aliphatic carbocycles. The summed E-state index contributed by atoms with van der Waals surface area (Å²) < 4.78 is 33.8. The number of halogens is 3. The summed E-state index contributed by atoms with van der Waals surface area (Å²) in [6, 6.07) is 9.36. The number of nitrogens with zero attached hydrogens (tertiary/aromatic N) is 2. The molecular formula is C17H13ClF2N2O. The van der Waals surface area contributed by atoms with Crippen LogP contribution in [0.25, 0.3) is 5.70 Å². The van der Waals surface area contributed by atoms with E-state index in [0.717, 1.165) is 0 Å². The van der Waals surface area contributed by atoms with Crippen molar-refractivity contribution in [1.29, 1.82) is 0 Å². The first-order chi connectivity index (χ1) is 11.1. The lowest BCUT2D eigenvalue weighted by Gasteiger charge is -2.26. The summed E-state index contributed by atoms with van der Waals surface area (Å²) in [5.74, 6) is -1.42. The average Bonchev–Trinajstić information content (AvgIpc) is 2.56. The van der Waals surface area contributed by atoms with E-state index in [9.17, 15) is 8.78 Å². The fourth-order valence-electron chi connectivity index (χ4n) is 2.38. The highest BCUT2D eigenvalue weighted by atomic mass is 35.5. The van der Waals surface area contributed by atoms with Gasteiger partial charge in [-0.05, 0) is 42.5 Å². The van der Waals surface area contributed by atoms with Crippen LogP contribution in [0.3, 0.4) is 0 Å². The van der Waals surface area contributed by atoms with Gasteiger partial charge in [0.05, 0.1) is 31.3 Å². The van der Waals surface area contributed by atoms with Gasteiger partial charge in [0.15, 0.2) is 11.6 Å². The molecule has 6 heteroatoms. The van der Waals surface area contributed by atoms with E-state index >= 15 is 0 Å². The van der Waals surface area contributed by atoms with Crippen LogP contribution in [-0.2, 0) is 0 Å². The van der Waals surface area contributed by atoms with Crippen LogP contribution < -0.4 is 9.64 Å². The predicted octanol–water partition coefficient (Wildman–Crippen LogP) is 4.52. The minimum absolute atomic E-state index is 0.0131. The van der Waals surface area contributed by atoms with Crippen molar-refractivity contribution in [3.05, 3.63) is 64.7 Å². The van der Waals surface area contributed by atoms with Crippen LogP contribution in [0.1, 0.15) is 5.56 Å². The summed E-state index contributed by atoms with van der Waals surface area (Å²) in [6.07, 6.45) is 3.20. The van der Waals surface area contributed by atoms with E-state index in [0.29, 0.717) is 23.0 Å². The Morgan fingerprint density at radius 1 is 1.13 bits per heavy atom. The molecule has 0 radical (unpaired) electrons. The Morgan fingerprint density at radius 3 is 2.57 bits per heavy atom. The lowest BCUT2D eigenvalue weighted by atomic mass is 10.1. The van der Waals surface area contributed by atoms with Gasteiger partial charge in [-0.3, -0.25) is 4.99 Å². The third-order valence-electron chi connectivity index (χ3n) is 3.48. The van der Waals surface area contributed by atoms with Gasteiger partial charge in [-0.2, -0.15) is 0 Å². The monoisotopic (exact) mass is 334 g/mol. The number of methoxy groups -OCH3 is 1. The SMILES string of the molecule is COc1ccc(F)c(C2=CCN=CN2c2ccc(Cl)cc2)c1F. The summed E-state index contributed by atoms with van der Waals surface area (Å²) in [5.41, 5.74) is 0.924. The van der Waals surface area contributed by atoms with Crippen LogP contribution in [0, 0.1) is 11.6 Å². The molecule has 0 aromatic heterocycles. The Bertz CT molecular complexity index is 788. The van der Waals surface area contributed by atoms with Crippen LogP contribution in [0.15, 0.2) is 47.5 Å². The molecule has 23 heavy (non-hydrogen) atoms. The molecule has 2 aromatic carbocycles. The van der Waals surface area contributed by atoms with E-state index in [1.807, 2.05) is 0 Å². The maximum Gasteiger partial charge on any atom is 0.177 e. The molecule has 0 fully saturated rings. The molecule has 0 unspecified atom stereocenters. The van der Waals surface area contributed by atoms with Crippen LogP contribution >= 0.6 is 11.6 Å². The first kappa shape index (κ1) is 15.5. The second-order valence-electron chi connectivity index (χ2n) is 4.86. The summed E-state index contributed by atoms with van der Waals surface area (Å²) in [5, 5.41) is 0.576. The highest BCUT2D eigenvalue weighted by Gasteiger charge is 2.23. The number of benzene rings is 2. The van der Waals surface area contributed by atoms with Crippen molar-refractivity contribution in [3.8, 4) is 5.75 Å². The smallest absolute Gasteiger partial charge is 0.177 e. The lowest BCUT2D eigenvalue weighted by molar-refractivity contribution is 0.383. The highest BCUT2D eigenvalue weighted by molar-refractivity contribution is 6.30. The fraction of sp³-hybridized carbons (Fsp3) is 0.118. The Morgan fingerprint density at radius 2 is 1.87 bits per heavy atom. The Hall–Kier alpha value is -2.40. The second-order valence-corrected chi connectivity index (χ2v) is 5.29. The van der Waals surface area contributed by atoms with Crippen molar-refractivity contribution in [2.75, 3.05) is 18.6 Å². The van der Waals surface area contributed by atoms with Crippen LogP contribution in [0.5, 0.6) is 5.75 Å². The molecule has 0 N–H and O–H groups in total. The molecule has 2 aromatic rings. The van der Waals surface area contributed by atoms with Crippen molar-refractivity contribution in [3.63, 3.8) is 0 Å². The van der Waals surface area contributed by atoms with Gasteiger partial charge >= 0.3 is 0 Å². The topological polar surface area (TPSA) is 24.8 Å². The number of aliphatic imine (C=N–C) groups is 1. The third-order valence-corrected chi connectivity index (χ3v) is 3.74. The van der Waals surface area contributed by atoms with E-state index < -0.39 is 11.6 Å². The summed E-state index contributed by atoms with van der Waals surface area (Å²) in [7, 11) is 1.34. The van der Waals surface area contributed by atoms with Crippen molar-refractivity contribution >= 4 is 29.3 Å². The molecule has 1 aliphatic heterocycles. The Balaban J connectivity index is 2.11. The molecule has 0 saturated carbocycles. The van der Waals surface area contributed by atoms with Gasteiger partial charge in [0.25, 0.3) is 0 Å². The third kappa shape index (κ3) is 2.92. The van der Waals surface area contributed by atoms with E-state index in [1.54, 1.807) is 35.2 Å².